The zero-order valence-corrected chi connectivity index (χ0v) is 14.2. The molecule has 5 heteroatoms. The van der Waals surface area contributed by atoms with E-state index in [1.165, 1.54) is 5.39 Å². The Morgan fingerprint density at radius 2 is 1.90 bits per heavy atom. The number of nitrogens with two attached hydrogens (primary N) is 1. The molecule has 2 N–H and O–H groups in total. The van der Waals surface area contributed by atoms with Crippen LogP contribution in [0.25, 0.3) is 10.8 Å². The van der Waals surface area contributed by atoms with Gasteiger partial charge in [0, 0.05) is 24.7 Å². The normalized spacial score (nSPS) is 11.2. The van der Waals surface area contributed by atoms with Gasteiger partial charge in [0.25, 0.3) is 0 Å². The minimum Gasteiger partial charge on any atom is -0.370 e. The van der Waals surface area contributed by atoms with Gasteiger partial charge >= 0.3 is 0 Å². The number of aliphatic imine (C=N–C) groups is 1. The number of hydrogen-bond acceptors (Lipinski definition) is 2. The van der Waals surface area contributed by atoms with E-state index < -0.39 is 0 Å². The van der Waals surface area contributed by atoms with Gasteiger partial charge in [0.15, 0.2) is 5.96 Å². The van der Waals surface area contributed by atoms with E-state index in [0.717, 1.165) is 24.2 Å². The fraction of sp³-hybridized carbons (Fsp3) is 0.333. The van der Waals surface area contributed by atoms with Crippen molar-refractivity contribution in [2.45, 2.75) is 20.4 Å². The molecule has 0 aliphatic carbocycles. The number of nitrogens with zero attached hydrogens (tertiary/aromatic N) is 3. The third-order valence-electron chi connectivity index (χ3n) is 3.23. The van der Waals surface area contributed by atoms with Crippen LogP contribution in [0, 0.1) is 0 Å². The highest BCUT2D eigenvalue weighted by molar-refractivity contribution is 14.0. The summed E-state index contributed by atoms with van der Waals surface area (Å²) in [4.78, 5) is 10.9. The summed E-state index contributed by atoms with van der Waals surface area (Å²) in [6.45, 7) is 6.40. The molecule has 0 saturated carbocycles. The molecule has 4 nitrogen and oxygen atoms in total. The Morgan fingerprint density at radius 3 is 2.60 bits per heavy atom. The lowest BCUT2D eigenvalue weighted by molar-refractivity contribution is 0.458. The van der Waals surface area contributed by atoms with Crippen molar-refractivity contribution < 1.29 is 0 Å². The first-order valence-corrected chi connectivity index (χ1v) is 6.63. The average Bonchev–Trinajstić information content (AvgIpc) is 2.46. The minimum atomic E-state index is 0. The first-order valence-electron chi connectivity index (χ1n) is 6.63. The predicted molar refractivity (Wildman–Crippen MR) is 95.4 cm³/mol. The Kier molecular flexibility index (Phi) is 6.70. The number of rotatable bonds is 4. The monoisotopic (exact) mass is 384 g/mol. The van der Waals surface area contributed by atoms with Gasteiger partial charge in [-0.3, -0.25) is 4.98 Å². The second-order valence-electron chi connectivity index (χ2n) is 4.33. The van der Waals surface area contributed by atoms with Crippen LogP contribution in [-0.2, 0) is 6.54 Å². The Bertz CT molecular complexity index is 574. The van der Waals surface area contributed by atoms with Crippen molar-refractivity contribution in [1.82, 2.24) is 9.88 Å². The first kappa shape index (κ1) is 16.7. The van der Waals surface area contributed by atoms with Crippen molar-refractivity contribution in [3.63, 3.8) is 0 Å². The van der Waals surface area contributed by atoms with Crippen molar-refractivity contribution in [2.24, 2.45) is 10.7 Å². The second-order valence-corrected chi connectivity index (χ2v) is 4.33. The molecule has 0 bridgehead atoms. The molecule has 0 spiro atoms. The van der Waals surface area contributed by atoms with E-state index in [1.54, 1.807) is 0 Å². The summed E-state index contributed by atoms with van der Waals surface area (Å²) in [6.07, 6.45) is 1.82. The maximum absolute atomic E-state index is 5.98. The van der Waals surface area contributed by atoms with Crippen molar-refractivity contribution in [1.29, 1.82) is 0 Å². The topological polar surface area (TPSA) is 54.5 Å². The number of hydrogen-bond donors (Lipinski definition) is 1. The second kappa shape index (κ2) is 8.04. The zero-order valence-electron chi connectivity index (χ0n) is 11.9. The number of pyridine rings is 1. The fourth-order valence-corrected chi connectivity index (χ4v) is 2.11. The number of halogens is 1. The van der Waals surface area contributed by atoms with Crippen LogP contribution in [0.5, 0.6) is 0 Å². The number of aromatic nitrogens is 1. The SMILES string of the molecule is CCN(CC)C(N)=NCc1nccc2ccccc12.I. The van der Waals surface area contributed by atoms with Crippen molar-refractivity contribution in [2.75, 3.05) is 13.1 Å². The highest BCUT2D eigenvalue weighted by Gasteiger charge is 2.04. The molecule has 0 saturated heterocycles. The lowest BCUT2D eigenvalue weighted by Gasteiger charge is -2.19. The van der Waals surface area contributed by atoms with Crippen LogP contribution >= 0.6 is 24.0 Å². The number of fused-ring (bicyclic) bond motifs is 1. The maximum atomic E-state index is 5.98. The summed E-state index contributed by atoms with van der Waals surface area (Å²) in [5.74, 6) is 0.583. The quantitative estimate of drug-likeness (QED) is 0.501. The molecule has 0 unspecified atom stereocenters. The van der Waals surface area contributed by atoms with Gasteiger partial charge in [-0.05, 0) is 25.3 Å². The summed E-state index contributed by atoms with van der Waals surface area (Å²) in [6, 6.07) is 10.2. The van der Waals surface area contributed by atoms with Gasteiger partial charge in [0.2, 0.25) is 0 Å². The molecule has 108 valence electrons. The van der Waals surface area contributed by atoms with E-state index in [9.17, 15) is 0 Å². The zero-order chi connectivity index (χ0) is 13.7. The van der Waals surface area contributed by atoms with Crippen LogP contribution in [0.4, 0.5) is 0 Å². The van der Waals surface area contributed by atoms with Crippen LogP contribution in [0.1, 0.15) is 19.5 Å². The van der Waals surface area contributed by atoms with Gasteiger partial charge in [-0.2, -0.15) is 0 Å². The Morgan fingerprint density at radius 1 is 1.20 bits per heavy atom. The summed E-state index contributed by atoms with van der Waals surface area (Å²) < 4.78 is 0. The molecule has 20 heavy (non-hydrogen) atoms. The van der Waals surface area contributed by atoms with Gasteiger partial charge in [-0.15, -0.1) is 24.0 Å². The summed E-state index contributed by atoms with van der Waals surface area (Å²) in [5, 5.41) is 2.32. The van der Waals surface area contributed by atoms with Crippen molar-refractivity contribution >= 4 is 40.7 Å². The van der Waals surface area contributed by atoms with Crippen LogP contribution < -0.4 is 5.73 Å². The molecule has 2 aromatic rings. The molecule has 0 atom stereocenters. The van der Waals surface area contributed by atoms with Gasteiger partial charge in [-0.1, -0.05) is 24.3 Å². The molecule has 0 fully saturated rings. The van der Waals surface area contributed by atoms with E-state index in [-0.39, 0.29) is 24.0 Å². The third-order valence-corrected chi connectivity index (χ3v) is 3.23. The van der Waals surface area contributed by atoms with E-state index in [0.29, 0.717) is 12.5 Å². The van der Waals surface area contributed by atoms with Gasteiger partial charge < -0.3 is 10.6 Å². The molecule has 0 radical (unpaired) electrons. The van der Waals surface area contributed by atoms with Gasteiger partial charge in [-0.25, -0.2) is 4.99 Å². The van der Waals surface area contributed by atoms with Crippen LogP contribution in [0.2, 0.25) is 0 Å². The number of guanidine groups is 1. The molecule has 2 rings (SSSR count). The molecule has 0 aliphatic rings. The number of benzene rings is 1. The molecule has 0 amide bonds. The third kappa shape index (κ3) is 3.82. The summed E-state index contributed by atoms with van der Waals surface area (Å²) in [5.41, 5.74) is 6.94. The van der Waals surface area contributed by atoms with Crippen molar-refractivity contribution in [3.8, 4) is 0 Å². The molecular formula is C15H21IN4. The lowest BCUT2D eigenvalue weighted by Crippen LogP contribution is -2.37. The van der Waals surface area contributed by atoms with Crippen LogP contribution in [0.3, 0.4) is 0 Å². The highest BCUT2D eigenvalue weighted by atomic mass is 127. The van der Waals surface area contributed by atoms with E-state index in [2.05, 4.69) is 36.0 Å². The molecule has 0 aliphatic heterocycles. The van der Waals surface area contributed by atoms with E-state index in [4.69, 9.17) is 5.73 Å². The van der Waals surface area contributed by atoms with E-state index >= 15 is 0 Å². The molecule has 1 aromatic carbocycles. The largest absolute Gasteiger partial charge is 0.370 e. The fourth-order valence-electron chi connectivity index (χ4n) is 2.11. The molecule has 1 heterocycles. The van der Waals surface area contributed by atoms with E-state index in [1.807, 2.05) is 29.3 Å². The smallest absolute Gasteiger partial charge is 0.191 e. The predicted octanol–water partition coefficient (Wildman–Crippen LogP) is 3.01. The summed E-state index contributed by atoms with van der Waals surface area (Å²) in [7, 11) is 0. The van der Waals surface area contributed by atoms with Gasteiger partial charge in [0.1, 0.15) is 0 Å². The standard InChI is InChI=1S/C15H20N4.HI/c1-3-19(4-2)15(16)18-11-14-13-8-6-5-7-12(13)9-10-17-14;/h5-10H,3-4,11H2,1-2H3,(H2,16,18);1H. The highest BCUT2D eigenvalue weighted by Crippen LogP contribution is 2.16. The first-order chi connectivity index (χ1) is 9.26. The maximum Gasteiger partial charge on any atom is 0.191 e. The Hall–Kier alpha value is -1.37. The van der Waals surface area contributed by atoms with Crippen LogP contribution in [0.15, 0.2) is 41.5 Å². The van der Waals surface area contributed by atoms with Gasteiger partial charge in [0.05, 0.1) is 12.2 Å². The Balaban J connectivity index is 0.00000200. The van der Waals surface area contributed by atoms with Crippen molar-refractivity contribution in [3.05, 3.63) is 42.2 Å². The lowest BCUT2D eigenvalue weighted by atomic mass is 10.1. The average molecular weight is 384 g/mol. The Labute approximate surface area is 137 Å². The molecule has 1 aromatic heterocycles. The van der Waals surface area contributed by atoms with Crippen LogP contribution in [-0.4, -0.2) is 28.9 Å². The summed E-state index contributed by atoms with van der Waals surface area (Å²) >= 11 is 0. The molecular weight excluding hydrogens is 363 g/mol. The minimum absolute atomic E-state index is 0.